The van der Waals surface area contributed by atoms with Crippen molar-refractivity contribution in [3.05, 3.63) is 60.4 Å². The molecule has 6 nitrogen and oxygen atoms in total. The van der Waals surface area contributed by atoms with Crippen molar-refractivity contribution in [3.63, 3.8) is 0 Å². The molecule has 0 bridgehead atoms. The van der Waals surface area contributed by atoms with Gasteiger partial charge in [-0.05, 0) is 6.08 Å². The van der Waals surface area contributed by atoms with Crippen LogP contribution < -0.4 is 29.5 Å². The summed E-state index contributed by atoms with van der Waals surface area (Å²) in [6, 6.07) is 0. The summed E-state index contributed by atoms with van der Waals surface area (Å²) in [6.45, 7) is 5.73. The van der Waals surface area contributed by atoms with Gasteiger partial charge in [0.1, 0.15) is 11.4 Å². The summed E-state index contributed by atoms with van der Waals surface area (Å²) in [5, 5.41) is 14.8. The van der Waals surface area contributed by atoms with E-state index in [0.717, 1.165) is 0 Å². The Morgan fingerprint density at radius 3 is 2.44 bits per heavy atom. The fourth-order valence-electron chi connectivity index (χ4n) is 1.82. The average molecular weight is 345 g/mol. The van der Waals surface area contributed by atoms with Crippen molar-refractivity contribution in [2.75, 3.05) is 24.8 Å². The molecule has 1 aromatic heterocycles. The predicted molar refractivity (Wildman–Crippen MR) is 86.0 cm³/mol. The second kappa shape index (κ2) is 8.74. The minimum Gasteiger partial charge on any atom is -0.869 e. The fraction of sp³-hybridized carbons (Fsp3) is 0.200. The third-order valence-corrected chi connectivity index (χ3v) is 2.98. The second-order valence-corrected chi connectivity index (χ2v) is 4.41. The van der Waals surface area contributed by atoms with Crippen LogP contribution in [0.2, 0.25) is 0 Å². The van der Waals surface area contributed by atoms with Crippen molar-refractivity contribution >= 4 is 17.5 Å². The number of methoxy groups -OCH3 is 1. The zero-order valence-electron chi connectivity index (χ0n) is 14.2. The Bertz CT molecular complexity index is 728. The summed E-state index contributed by atoms with van der Waals surface area (Å²) in [7, 11) is 2.68. The number of hydrogen-bond donors (Lipinski definition) is 2. The Labute approximate surface area is 156 Å². The first-order chi connectivity index (χ1) is 10.8. The number of alkyl halides is 3. The molecule has 1 aromatic rings. The number of ether oxygens (including phenoxy) is 1. The van der Waals surface area contributed by atoms with Crippen molar-refractivity contribution in [3.8, 4) is 0 Å². The second-order valence-electron chi connectivity index (χ2n) is 4.41. The molecule has 2 rings (SSSR count). The molecule has 0 spiro atoms. The Kier molecular flexibility index (Phi) is 7.95. The summed E-state index contributed by atoms with van der Waals surface area (Å²) >= 11 is 0. The minimum absolute atomic E-state index is 0. The summed E-state index contributed by atoms with van der Waals surface area (Å²) < 4.78 is 43.3. The molecule has 25 heavy (non-hydrogen) atoms. The average Bonchev–Trinajstić information content (AvgIpc) is 2.51. The van der Waals surface area contributed by atoms with Gasteiger partial charge in [-0.3, -0.25) is 0 Å². The molecule has 2 N–H and O–H groups in total. The molecule has 0 saturated carbocycles. The van der Waals surface area contributed by atoms with Gasteiger partial charge in [0.25, 0.3) is 0 Å². The zero-order valence-corrected chi connectivity index (χ0v) is 14.2. The first-order valence-corrected chi connectivity index (χ1v) is 6.32. The number of hydrogen-bond acceptors (Lipinski definition) is 5. The number of anilines is 2. The van der Waals surface area contributed by atoms with Crippen LogP contribution >= 0.6 is 0 Å². The quantitative estimate of drug-likeness (QED) is 0.602. The molecule has 10 heteroatoms. The molecular weight excluding hydrogens is 330 g/mol. The topological polar surface area (TPSA) is 81.4 Å². The Morgan fingerprint density at radius 1 is 1.28 bits per heavy atom. The van der Waals surface area contributed by atoms with Crippen LogP contribution in [0.15, 0.2) is 35.4 Å². The molecule has 0 saturated heterocycles. The van der Waals surface area contributed by atoms with Crippen LogP contribution in [0.25, 0.3) is 5.41 Å². The van der Waals surface area contributed by atoms with E-state index in [9.17, 15) is 18.6 Å². The number of halogens is 3. The Balaban J connectivity index is 0.00000288. The van der Waals surface area contributed by atoms with Gasteiger partial charge in [0.05, 0.1) is 7.11 Å². The summed E-state index contributed by atoms with van der Waals surface area (Å²) in [5.41, 5.74) is -1.10. The third-order valence-electron chi connectivity index (χ3n) is 2.98. The predicted octanol–water partition coefficient (Wildman–Crippen LogP) is 0.201. The molecule has 0 atom stereocenters. The van der Waals surface area contributed by atoms with Crippen molar-refractivity contribution in [1.82, 2.24) is 9.97 Å². The molecule has 1 heterocycles. The van der Waals surface area contributed by atoms with E-state index in [1.165, 1.54) is 26.3 Å². The molecule has 0 amide bonds. The fourth-order valence-corrected chi connectivity index (χ4v) is 1.82. The third kappa shape index (κ3) is 4.87. The van der Waals surface area contributed by atoms with Crippen LogP contribution in [-0.2, 0) is 10.9 Å². The van der Waals surface area contributed by atoms with Crippen LogP contribution in [0.4, 0.5) is 24.9 Å². The SMILES string of the molecule is [CH-]=C1C(=[N-])C(OC)=CC=C1Nc1ncc(C(F)(F)F)c(NC)n1.[CH3-].[Li+]. The van der Waals surface area contributed by atoms with Gasteiger partial charge in [0.15, 0.2) is 0 Å². The zero-order chi connectivity index (χ0) is 17.2. The molecule has 0 unspecified atom stereocenters. The van der Waals surface area contributed by atoms with E-state index in [1.54, 1.807) is 0 Å². The van der Waals surface area contributed by atoms with Crippen LogP contribution in [0.5, 0.6) is 0 Å². The Morgan fingerprint density at radius 2 is 1.92 bits per heavy atom. The van der Waals surface area contributed by atoms with Gasteiger partial charge in [0, 0.05) is 19.0 Å². The number of nitrogens with one attached hydrogen (secondary N) is 2. The molecule has 1 aliphatic rings. The largest absolute Gasteiger partial charge is 1.00 e. The summed E-state index contributed by atoms with van der Waals surface area (Å²) in [5.74, 6) is -0.331. The molecule has 0 aromatic carbocycles. The van der Waals surface area contributed by atoms with Crippen molar-refractivity contribution < 1.29 is 36.8 Å². The molecular formula is C15H15F3LiN5O-2. The maximum atomic E-state index is 12.8. The van der Waals surface area contributed by atoms with Crippen LogP contribution in [0, 0.1) is 14.0 Å². The Hall–Kier alpha value is -2.24. The molecule has 130 valence electrons. The molecule has 0 radical (unpaired) electrons. The maximum Gasteiger partial charge on any atom is 1.00 e. The van der Waals surface area contributed by atoms with Gasteiger partial charge >= 0.3 is 25.0 Å². The van der Waals surface area contributed by atoms with E-state index in [1.807, 2.05) is 0 Å². The van der Waals surface area contributed by atoms with Crippen molar-refractivity contribution in [2.24, 2.45) is 0 Å². The van der Waals surface area contributed by atoms with Gasteiger partial charge in [-0.2, -0.15) is 23.7 Å². The van der Waals surface area contributed by atoms with Gasteiger partial charge in [-0.15, -0.1) is 0 Å². The summed E-state index contributed by atoms with van der Waals surface area (Å²) in [6.07, 6.45) is -1.000. The smallest absolute Gasteiger partial charge is 0.869 e. The van der Waals surface area contributed by atoms with Gasteiger partial charge in [0.2, 0.25) is 5.95 Å². The maximum absolute atomic E-state index is 12.8. The van der Waals surface area contributed by atoms with Crippen LogP contribution in [0.1, 0.15) is 5.56 Å². The van der Waals surface area contributed by atoms with Crippen LogP contribution in [-0.4, -0.2) is 29.8 Å². The number of allylic oxidation sites excluding steroid dienone is 4. The number of rotatable bonds is 4. The van der Waals surface area contributed by atoms with E-state index < -0.39 is 11.7 Å². The van der Waals surface area contributed by atoms with E-state index in [4.69, 9.17) is 11.3 Å². The normalized spacial score (nSPS) is 13.8. The van der Waals surface area contributed by atoms with Gasteiger partial charge in [-0.25, -0.2) is 17.3 Å². The minimum atomic E-state index is -4.58. The van der Waals surface area contributed by atoms with Gasteiger partial charge in [-0.1, -0.05) is 11.8 Å². The number of aromatic nitrogens is 2. The summed E-state index contributed by atoms with van der Waals surface area (Å²) in [4.78, 5) is 7.36. The number of nitrogens with zero attached hydrogens (tertiary/aromatic N) is 3. The molecule has 1 aliphatic carbocycles. The van der Waals surface area contributed by atoms with E-state index >= 15 is 0 Å². The van der Waals surface area contributed by atoms with E-state index in [2.05, 4.69) is 20.6 Å². The standard InChI is InChI=1S/C14H12F3N5O.CH3.Li/c1-7-9(4-5-10(23-3)11(7)18)21-13-20-6-8(14(15,16)17)12(19-2)22-13;;/h1,4-6H,2-3H3,(H2,19,20,21,22);1H3;/q-2;-1;+1. The van der Waals surface area contributed by atoms with E-state index in [0.29, 0.717) is 6.20 Å². The van der Waals surface area contributed by atoms with Crippen LogP contribution in [0.3, 0.4) is 0 Å². The first-order valence-electron chi connectivity index (χ1n) is 6.32. The molecule has 0 fully saturated rings. The first kappa shape index (κ1) is 22.8. The monoisotopic (exact) mass is 345 g/mol. The van der Waals surface area contributed by atoms with Crippen molar-refractivity contribution in [2.45, 2.75) is 6.18 Å². The molecule has 0 aliphatic heterocycles. The van der Waals surface area contributed by atoms with Gasteiger partial charge < -0.3 is 28.2 Å². The van der Waals surface area contributed by atoms with Crippen molar-refractivity contribution in [1.29, 1.82) is 0 Å². The van der Waals surface area contributed by atoms with E-state index in [-0.39, 0.29) is 60.8 Å².